The second-order valence-electron chi connectivity index (χ2n) is 14.0. The molecule has 12 rings (SSSR count). The van der Waals surface area contributed by atoms with Gasteiger partial charge in [-0.25, -0.2) is 19.9 Å². The molecule has 12 aromatic rings. The Bertz CT molecular complexity index is 2910. The zero-order chi connectivity index (χ0) is 43.8. The maximum absolute atomic E-state index is 9.69. The minimum atomic E-state index is 0. The zero-order valence-electron chi connectivity index (χ0n) is 35.1. The summed E-state index contributed by atoms with van der Waals surface area (Å²) in [5.41, 5.74) is 8.50. The minimum absolute atomic E-state index is 0. The molecule has 8 aromatic carbocycles. The van der Waals surface area contributed by atoms with Crippen molar-refractivity contribution in [3.8, 4) is 68.8 Å². The Balaban J connectivity index is 0.000000130. The fraction of sp³-hybridized carbons (Fsp3) is 0. The molecule has 0 atom stereocenters. The first-order valence-corrected chi connectivity index (χ1v) is 19.9. The van der Waals surface area contributed by atoms with Crippen molar-refractivity contribution in [1.29, 1.82) is 0 Å². The summed E-state index contributed by atoms with van der Waals surface area (Å²) < 4.78 is 22.3. The predicted molar refractivity (Wildman–Crippen MR) is 244 cm³/mol. The maximum atomic E-state index is 9.69. The van der Waals surface area contributed by atoms with E-state index in [9.17, 15) is 20.4 Å². The molecule has 0 unspecified atom stereocenters. The number of fused-ring (bicyclic) bond motifs is 4. The number of phenols is 4. The second kappa shape index (κ2) is 21.2. The van der Waals surface area contributed by atoms with Crippen molar-refractivity contribution >= 4 is 44.4 Å². The molecule has 0 radical (unpaired) electrons. The van der Waals surface area contributed by atoms with Crippen LogP contribution in [-0.2, 0) is 39.0 Å². The number of aromatic nitrogens is 4. The van der Waals surface area contributed by atoms with E-state index in [0.29, 0.717) is 45.8 Å². The molecule has 0 aliphatic heterocycles. The number of phenolic OH excluding ortho intramolecular Hbond substituents is 4. The van der Waals surface area contributed by atoms with Crippen LogP contribution in [0.5, 0.6) is 23.0 Å². The molecular weight excluding hydrogens is 939 g/mol. The number of aromatic hydroxyl groups is 4. The topological polar surface area (TPSA) is 185 Å². The van der Waals surface area contributed by atoms with E-state index in [4.69, 9.17) is 17.7 Å². The molecule has 0 aliphatic rings. The number of oxazole rings is 4. The van der Waals surface area contributed by atoms with E-state index in [1.165, 1.54) is 0 Å². The number of benzene rings is 8. The molecule has 4 aromatic heterocycles. The average Bonchev–Trinajstić information content (AvgIpc) is 4.15. The van der Waals surface area contributed by atoms with Crippen molar-refractivity contribution < 1.29 is 77.1 Å². The normalized spacial score (nSPS) is 10.4. The fourth-order valence-electron chi connectivity index (χ4n) is 6.57. The van der Waals surface area contributed by atoms with Crippen LogP contribution in [0.1, 0.15) is 0 Å². The monoisotopic (exact) mass is 972 g/mol. The fourth-order valence-corrected chi connectivity index (χ4v) is 6.57. The van der Waals surface area contributed by atoms with Crippen molar-refractivity contribution in [2.24, 2.45) is 0 Å². The summed E-state index contributed by atoms with van der Waals surface area (Å²) >= 11 is 0. The van der Waals surface area contributed by atoms with E-state index < -0.39 is 0 Å². The van der Waals surface area contributed by atoms with Crippen LogP contribution >= 0.6 is 0 Å². The van der Waals surface area contributed by atoms with E-state index in [0.717, 1.165) is 44.4 Å². The Hall–Kier alpha value is -7.91. The number of hydrogen-bond acceptors (Lipinski definition) is 12. The molecule has 66 heavy (non-hydrogen) atoms. The van der Waals surface area contributed by atoms with Gasteiger partial charge < -0.3 is 38.1 Å². The number of nitrogens with zero attached hydrogens (tertiary/aromatic N) is 4. The summed E-state index contributed by atoms with van der Waals surface area (Å²) in [4.78, 5) is 17.3. The summed E-state index contributed by atoms with van der Waals surface area (Å²) in [5, 5.41) is 38.8. The molecule has 0 saturated carbocycles. The number of para-hydroxylation sites is 12. The first-order chi connectivity index (χ1) is 31.4. The van der Waals surface area contributed by atoms with Crippen molar-refractivity contribution in [3.05, 3.63) is 194 Å². The molecule has 0 aliphatic carbocycles. The van der Waals surface area contributed by atoms with Gasteiger partial charge in [-0.3, -0.25) is 0 Å². The van der Waals surface area contributed by atoms with Gasteiger partial charge in [-0.2, -0.15) is 0 Å². The third kappa shape index (κ3) is 10.4. The summed E-state index contributed by atoms with van der Waals surface area (Å²) in [6.07, 6.45) is 0. The zero-order valence-corrected chi connectivity index (χ0v) is 41.0. The Labute approximate surface area is 402 Å². The van der Waals surface area contributed by atoms with Gasteiger partial charge >= 0.3 is 0 Å². The Morgan fingerprint density at radius 3 is 0.621 bits per heavy atom. The van der Waals surface area contributed by atoms with Crippen molar-refractivity contribution in [1.82, 2.24) is 19.9 Å². The molecule has 12 nitrogen and oxygen atoms in total. The molecule has 0 bridgehead atoms. The van der Waals surface area contributed by atoms with E-state index in [1.807, 2.05) is 121 Å². The molecular formula is C52H36N4O8Zn2. The minimum Gasteiger partial charge on any atom is -0.507 e. The standard InChI is InChI=1S/4C13H9NO2.2Zn/c4*15-11-7-3-1-5-9(11)13-14-10-6-2-4-8-12(10)16-13;;/h4*1-8,15H;;. The molecule has 0 saturated heterocycles. The van der Waals surface area contributed by atoms with Crippen LogP contribution < -0.4 is 0 Å². The van der Waals surface area contributed by atoms with Gasteiger partial charge in [0.05, 0.1) is 22.3 Å². The van der Waals surface area contributed by atoms with Crippen LogP contribution in [-0.4, -0.2) is 40.4 Å². The van der Waals surface area contributed by atoms with Gasteiger partial charge in [0.15, 0.2) is 22.3 Å². The predicted octanol–water partition coefficient (Wildman–Crippen LogP) is 12.8. The molecule has 0 spiro atoms. The summed E-state index contributed by atoms with van der Waals surface area (Å²) in [6.45, 7) is 0. The molecule has 316 valence electrons. The van der Waals surface area contributed by atoms with E-state index >= 15 is 0 Å². The average molecular weight is 976 g/mol. The van der Waals surface area contributed by atoms with Crippen LogP contribution in [0.15, 0.2) is 212 Å². The first-order valence-electron chi connectivity index (χ1n) is 19.9. The second-order valence-corrected chi connectivity index (χ2v) is 14.0. The van der Waals surface area contributed by atoms with Gasteiger partial charge in [0, 0.05) is 39.0 Å². The number of hydrogen-bond donors (Lipinski definition) is 4. The Kier molecular flexibility index (Phi) is 14.8. The van der Waals surface area contributed by atoms with Gasteiger partial charge in [-0.1, -0.05) is 97.1 Å². The smallest absolute Gasteiger partial charge is 0.231 e. The van der Waals surface area contributed by atoms with Crippen LogP contribution in [0.4, 0.5) is 0 Å². The van der Waals surface area contributed by atoms with Crippen LogP contribution in [0.3, 0.4) is 0 Å². The quantitative estimate of drug-likeness (QED) is 0.123. The Morgan fingerprint density at radius 1 is 0.242 bits per heavy atom. The van der Waals surface area contributed by atoms with Crippen molar-refractivity contribution in [3.63, 3.8) is 0 Å². The Morgan fingerprint density at radius 2 is 0.424 bits per heavy atom. The number of rotatable bonds is 4. The molecule has 0 fully saturated rings. The van der Waals surface area contributed by atoms with Gasteiger partial charge in [0.25, 0.3) is 0 Å². The molecule has 4 N–H and O–H groups in total. The van der Waals surface area contributed by atoms with Crippen LogP contribution in [0, 0.1) is 0 Å². The largest absolute Gasteiger partial charge is 0.507 e. The van der Waals surface area contributed by atoms with Crippen molar-refractivity contribution in [2.75, 3.05) is 0 Å². The third-order valence-electron chi connectivity index (χ3n) is 9.71. The summed E-state index contributed by atoms with van der Waals surface area (Å²) in [6, 6.07) is 58.1. The molecule has 0 amide bonds. The van der Waals surface area contributed by atoms with Crippen LogP contribution in [0.25, 0.3) is 90.2 Å². The van der Waals surface area contributed by atoms with Gasteiger partial charge in [-0.15, -0.1) is 0 Å². The maximum Gasteiger partial charge on any atom is 0.231 e. The summed E-state index contributed by atoms with van der Waals surface area (Å²) in [5.74, 6) is 2.48. The van der Waals surface area contributed by atoms with Crippen molar-refractivity contribution in [2.45, 2.75) is 0 Å². The third-order valence-corrected chi connectivity index (χ3v) is 9.71. The first kappa shape index (κ1) is 46.1. The SMILES string of the molecule is Oc1ccccc1-c1nc2ccccc2o1.Oc1ccccc1-c1nc2ccccc2o1.Oc1ccccc1-c1nc2ccccc2o1.Oc1ccccc1-c1nc2ccccc2o1.[Zn].[Zn]. The van der Waals surface area contributed by atoms with Gasteiger partial charge in [-0.05, 0) is 97.1 Å². The van der Waals surface area contributed by atoms with E-state index in [1.54, 1.807) is 72.8 Å². The van der Waals surface area contributed by atoms with E-state index in [-0.39, 0.29) is 62.0 Å². The molecule has 14 heteroatoms. The van der Waals surface area contributed by atoms with Gasteiger partial charge in [0.1, 0.15) is 45.1 Å². The van der Waals surface area contributed by atoms with E-state index in [2.05, 4.69) is 19.9 Å². The molecule has 4 heterocycles. The van der Waals surface area contributed by atoms with Gasteiger partial charge in [0.2, 0.25) is 23.6 Å². The summed E-state index contributed by atoms with van der Waals surface area (Å²) in [7, 11) is 0. The van der Waals surface area contributed by atoms with Crippen LogP contribution in [0.2, 0.25) is 0 Å².